The van der Waals surface area contributed by atoms with Crippen LogP contribution in [0.3, 0.4) is 0 Å². The SMILES string of the molecule is CCC1(C)CN(CC2Cc3ccccc3S2)C(C)(C)CN1. The van der Waals surface area contributed by atoms with Crippen molar-refractivity contribution in [1.82, 2.24) is 10.2 Å². The molecule has 2 aliphatic heterocycles. The van der Waals surface area contributed by atoms with Crippen molar-refractivity contribution in [2.24, 2.45) is 0 Å². The second kappa shape index (κ2) is 5.60. The van der Waals surface area contributed by atoms with Gasteiger partial charge < -0.3 is 5.32 Å². The number of benzene rings is 1. The van der Waals surface area contributed by atoms with Crippen LogP contribution in [-0.4, -0.2) is 40.9 Å². The summed E-state index contributed by atoms with van der Waals surface area (Å²) < 4.78 is 0. The molecular weight excluding hydrogens is 276 g/mol. The van der Waals surface area contributed by atoms with Crippen LogP contribution in [-0.2, 0) is 6.42 Å². The molecule has 0 radical (unpaired) electrons. The molecule has 21 heavy (non-hydrogen) atoms. The molecule has 1 saturated heterocycles. The van der Waals surface area contributed by atoms with Gasteiger partial charge in [-0.15, -0.1) is 11.8 Å². The van der Waals surface area contributed by atoms with Crippen LogP contribution in [0.1, 0.15) is 39.7 Å². The van der Waals surface area contributed by atoms with Crippen LogP contribution in [0, 0.1) is 0 Å². The minimum absolute atomic E-state index is 0.254. The summed E-state index contributed by atoms with van der Waals surface area (Å²) >= 11 is 2.08. The van der Waals surface area contributed by atoms with Gasteiger partial charge in [0.05, 0.1) is 0 Å². The third-order valence-corrected chi connectivity index (χ3v) is 6.56. The number of nitrogens with one attached hydrogen (secondary N) is 1. The molecular formula is C18H28N2S. The van der Waals surface area contributed by atoms with E-state index in [2.05, 4.69) is 73.9 Å². The maximum absolute atomic E-state index is 3.76. The van der Waals surface area contributed by atoms with Crippen LogP contribution in [0.25, 0.3) is 0 Å². The molecule has 1 fully saturated rings. The van der Waals surface area contributed by atoms with Gasteiger partial charge in [0.25, 0.3) is 0 Å². The number of thioether (sulfide) groups is 1. The standard InChI is InChI=1S/C18H28N2S/c1-5-18(4)13-20(17(2,3)12-19-18)11-15-10-14-8-6-7-9-16(14)21-15/h6-9,15,19H,5,10-13H2,1-4H3. The lowest BCUT2D eigenvalue weighted by molar-refractivity contribution is 0.0320. The fourth-order valence-corrected chi connectivity index (χ4v) is 4.72. The third kappa shape index (κ3) is 3.15. The largest absolute Gasteiger partial charge is 0.308 e. The van der Waals surface area contributed by atoms with Crippen molar-refractivity contribution in [2.75, 3.05) is 19.6 Å². The molecule has 2 heterocycles. The Kier molecular flexibility index (Phi) is 4.10. The van der Waals surface area contributed by atoms with Crippen LogP contribution < -0.4 is 5.32 Å². The Balaban J connectivity index is 1.69. The minimum Gasteiger partial charge on any atom is -0.308 e. The molecule has 3 heteroatoms. The van der Waals surface area contributed by atoms with Crippen molar-refractivity contribution in [3.8, 4) is 0 Å². The Morgan fingerprint density at radius 2 is 2.05 bits per heavy atom. The van der Waals surface area contributed by atoms with Crippen LogP contribution in [0.2, 0.25) is 0 Å². The molecule has 2 atom stereocenters. The predicted molar refractivity (Wildman–Crippen MR) is 92.1 cm³/mol. The monoisotopic (exact) mass is 304 g/mol. The van der Waals surface area contributed by atoms with Gasteiger partial charge in [-0.05, 0) is 45.2 Å². The highest BCUT2D eigenvalue weighted by Gasteiger charge is 2.40. The molecule has 116 valence electrons. The quantitative estimate of drug-likeness (QED) is 0.919. The van der Waals surface area contributed by atoms with E-state index in [4.69, 9.17) is 0 Å². The smallest absolute Gasteiger partial charge is 0.0279 e. The lowest BCUT2D eigenvalue weighted by atomic mass is 9.88. The fraction of sp³-hybridized carbons (Fsp3) is 0.667. The molecule has 2 nitrogen and oxygen atoms in total. The van der Waals surface area contributed by atoms with E-state index in [1.54, 1.807) is 5.56 Å². The highest BCUT2D eigenvalue weighted by atomic mass is 32.2. The van der Waals surface area contributed by atoms with E-state index in [9.17, 15) is 0 Å². The van der Waals surface area contributed by atoms with Gasteiger partial charge in [-0.3, -0.25) is 4.90 Å². The normalized spacial score (nSPS) is 32.1. The molecule has 0 aliphatic carbocycles. The van der Waals surface area contributed by atoms with Gasteiger partial charge in [0.15, 0.2) is 0 Å². The van der Waals surface area contributed by atoms with Crippen LogP contribution in [0.4, 0.5) is 0 Å². The van der Waals surface area contributed by atoms with Crippen molar-refractivity contribution >= 4 is 11.8 Å². The lowest BCUT2D eigenvalue weighted by Crippen LogP contribution is -2.67. The first kappa shape index (κ1) is 15.4. The lowest BCUT2D eigenvalue weighted by Gasteiger charge is -2.51. The van der Waals surface area contributed by atoms with Crippen LogP contribution in [0.5, 0.6) is 0 Å². The number of piperazine rings is 1. The molecule has 0 spiro atoms. The van der Waals surface area contributed by atoms with E-state index in [1.165, 1.54) is 24.3 Å². The first-order valence-electron chi connectivity index (χ1n) is 8.16. The summed E-state index contributed by atoms with van der Waals surface area (Å²) in [6.07, 6.45) is 2.42. The Morgan fingerprint density at radius 3 is 2.76 bits per heavy atom. The van der Waals surface area contributed by atoms with Gasteiger partial charge in [-0.1, -0.05) is 25.1 Å². The molecule has 3 rings (SSSR count). The van der Waals surface area contributed by atoms with Crippen LogP contribution >= 0.6 is 11.8 Å². The van der Waals surface area contributed by atoms with E-state index >= 15 is 0 Å². The van der Waals surface area contributed by atoms with Crippen LogP contribution in [0.15, 0.2) is 29.2 Å². The van der Waals surface area contributed by atoms with Gasteiger partial charge in [-0.2, -0.15) is 0 Å². The highest BCUT2D eigenvalue weighted by molar-refractivity contribution is 8.00. The predicted octanol–water partition coefficient (Wildman–Crippen LogP) is 3.56. The van der Waals surface area contributed by atoms with E-state index < -0.39 is 0 Å². The van der Waals surface area contributed by atoms with Crippen molar-refractivity contribution in [2.45, 2.75) is 61.8 Å². The fourth-order valence-electron chi connectivity index (χ4n) is 3.38. The zero-order valence-corrected chi connectivity index (χ0v) is 14.6. The molecule has 0 amide bonds. The van der Waals surface area contributed by atoms with Gasteiger partial charge >= 0.3 is 0 Å². The van der Waals surface area contributed by atoms with E-state index in [0.29, 0.717) is 5.25 Å². The van der Waals surface area contributed by atoms with Crippen molar-refractivity contribution in [1.29, 1.82) is 0 Å². The van der Waals surface area contributed by atoms with Crippen molar-refractivity contribution in [3.05, 3.63) is 29.8 Å². The number of hydrogen-bond acceptors (Lipinski definition) is 3. The molecule has 0 bridgehead atoms. The minimum atomic E-state index is 0.254. The van der Waals surface area contributed by atoms with Crippen molar-refractivity contribution in [3.63, 3.8) is 0 Å². The molecule has 0 saturated carbocycles. The van der Waals surface area contributed by atoms with Gasteiger partial charge in [0, 0.05) is 40.9 Å². The summed E-state index contributed by atoms with van der Waals surface area (Å²) in [5.41, 5.74) is 2.06. The van der Waals surface area contributed by atoms with Crippen molar-refractivity contribution < 1.29 is 0 Å². The average Bonchev–Trinajstić information content (AvgIpc) is 2.86. The van der Waals surface area contributed by atoms with E-state index in [-0.39, 0.29) is 11.1 Å². The Labute approximate surface area is 133 Å². The summed E-state index contributed by atoms with van der Waals surface area (Å²) in [6.45, 7) is 12.9. The number of nitrogens with zero attached hydrogens (tertiary/aromatic N) is 1. The van der Waals surface area contributed by atoms with E-state index in [1.807, 2.05) is 0 Å². The first-order chi connectivity index (χ1) is 9.92. The first-order valence-corrected chi connectivity index (χ1v) is 9.04. The summed E-state index contributed by atoms with van der Waals surface area (Å²) in [5.74, 6) is 0. The van der Waals surface area contributed by atoms with Gasteiger partial charge in [0.1, 0.15) is 0 Å². The summed E-state index contributed by atoms with van der Waals surface area (Å²) in [6, 6.07) is 8.91. The highest BCUT2D eigenvalue weighted by Crippen LogP contribution is 2.38. The summed E-state index contributed by atoms with van der Waals surface area (Å²) in [7, 11) is 0. The summed E-state index contributed by atoms with van der Waals surface area (Å²) in [4.78, 5) is 4.21. The second-order valence-electron chi connectivity index (χ2n) is 7.51. The Morgan fingerprint density at radius 1 is 1.29 bits per heavy atom. The van der Waals surface area contributed by atoms with Gasteiger partial charge in [-0.25, -0.2) is 0 Å². The zero-order chi connectivity index (χ0) is 15.1. The Bertz CT molecular complexity index is 489. The number of rotatable bonds is 3. The topological polar surface area (TPSA) is 15.3 Å². The Hall–Kier alpha value is -0.510. The number of fused-ring (bicyclic) bond motifs is 1. The maximum Gasteiger partial charge on any atom is 0.0279 e. The molecule has 2 aliphatic rings. The molecule has 1 N–H and O–H groups in total. The van der Waals surface area contributed by atoms with Gasteiger partial charge in [0.2, 0.25) is 0 Å². The summed E-state index contributed by atoms with van der Waals surface area (Å²) in [5, 5.41) is 4.47. The zero-order valence-electron chi connectivity index (χ0n) is 13.8. The average molecular weight is 305 g/mol. The molecule has 0 aromatic heterocycles. The third-order valence-electron chi connectivity index (χ3n) is 5.26. The molecule has 1 aromatic rings. The maximum atomic E-state index is 3.76. The second-order valence-corrected chi connectivity index (χ2v) is 8.85. The molecule has 2 unspecified atom stereocenters. The number of hydrogen-bond donors (Lipinski definition) is 1. The molecule has 1 aromatic carbocycles. The van der Waals surface area contributed by atoms with E-state index in [0.717, 1.165) is 13.1 Å².